The highest BCUT2D eigenvalue weighted by Crippen LogP contribution is 2.25. The Kier molecular flexibility index (Phi) is 5.09. The van der Waals surface area contributed by atoms with Gasteiger partial charge in [-0.05, 0) is 37.5 Å². The molecule has 0 atom stereocenters. The number of para-hydroxylation sites is 1. The number of carbonyl (C=O) groups is 1. The molecule has 0 fully saturated rings. The van der Waals surface area contributed by atoms with Gasteiger partial charge in [-0.3, -0.25) is 4.79 Å². The topological polar surface area (TPSA) is 66.9 Å². The second-order valence-electron chi connectivity index (χ2n) is 5.76. The molecular formula is C17H22N4O. The maximum absolute atomic E-state index is 12.0. The van der Waals surface area contributed by atoms with Crippen molar-refractivity contribution in [3.63, 3.8) is 0 Å². The fraction of sp³-hybridized carbons (Fsp3) is 0.353. The van der Waals surface area contributed by atoms with E-state index in [1.54, 1.807) is 12.3 Å². The van der Waals surface area contributed by atoms with Crippen molar-refractivity contribution in [2.75, 3.05) is 5.32 Å². The van der Waals surface area contributed by atoms with Gasteiger partial charge in [-0.15, -0.1) is 0 Å². The predicted octanol–water partition coefficient (Wildman–Crippen LogP) is 3.48. The van der Waals surface area contributed by atoms with Gasteiger partial charge in [0.15, 0.2) is 0 Å². The normalized spacial score (nSPS) is 10.8. The summed E-state index contributed by atoms with van der Waals surface area (Å²) in [5.74, 6) is 0.609. The van der Waals surface area contributed by atoms with Crippen molar-refractivity contribution in [1.82, 2.24) is 15.3 Å². The minimum absolute atomic E-state index is 0.0699. The number of benzene rings is 1. The number of anilines is 2. The Bertz CT molecular complexity index is 653. The minimum atomic E-state index is -0.197. The van der Waals surface area contributed by atoms with Gasteiger partial charge in [0, 0.05) is 17.9 Å². The molecule has 0 spiro atoms. The van der Waals surface area contributed by atoms with Crippen LogP contribution in [0.15, 0.2) is 36.5 Å². The van der Waals surface area contributed by atoms with Crippen molar-refractivity contribution in [2.24, 2.45) is 0 Å². The average Bonchev–Trinajstić information content (AvgIpc) is 2.47. The van der Waals surface area contributed by atoms with Crippen LogP contribution in [0.2, 0.25) is 0 Å². The van der Waals surface area contributed by atoms with Crippen LogP contribution in [-0.2, 0) is 0 Å². The molecule has 0 saturated carbocycles. The molecular weight excluding hydrogens is 276 g/mol. The summed E-state index contributed by atoms with van der Waals surface area (Å²) < 4.78 is 0. The molecule has 2 aromatic rings. The SMILES string of the molecule is CC(C)NC(=O)c1ccnc(Nc2ccccc2C(C)C)n1. The molecule has 0 unspecified atom stereocenters. The maximum Gasteiger partial charge on any atom is 0.270 e. The number of nitrogens with one attached hydrogen (secondary N) is 2. The Balaban J connectivity index is 2.23. The van der Waals surface area contributed by atoms with E-state index in [4.69, 9.17) is 0 Å². The van der Waals surface area contributed by atoms with E-state index in [2.05, 4.69) is 40.5 Å². The second kappa shape index (κ2) is 7.02. The number of nitrogens with zero attached hydrogens (tertiary/aromatic N) is 2. The molecule has 5 nitrogen and oxygen atoms in total. The Morgan fingerprint density at radius 3 is 2.50 bits per heavy atom. The smallest absolute Gasteiger partial charge is 0.270 e. The first-order valence-electron chi connectivity index (χ1n) is 7.47. The minimum Gasteiger partial charge on any atom is -0.349 e. The molecule has 0 radical (unpaired) electrons. The summed E-state index contributed by atoms with van der Waals surface area (Å²) in [4.78, 5) is 20.5. The zero-order valence-corrected chi connectivity index (χ0v) is 13.4. The van der Waals surface area contributed by atoms with Crippen LogP contribution in [0.3, 0.4) is 0 Å². The van der Waals surface area contributed by atoms with E-state index < -0.39 is 0 Å². The largest absolute Gasteiger partial charge is 0.349 e. The lowest BCUT2D eigenvalue weighted by molar-refractivity contribution is 0.0938. The number of amides is 1. The standard InChI is InChI=1S/C17H22N4O/c1-11(2)13-7-5-6-8-14(13)20-17-18-10-9-15(21-17)16(22)19-12(3)4/h5-12H,1-4H3,(H,19,22)(H,18,20,21). The van der Waals surface area contributed by atoms with Gasteiger partial charge in [-0.2, -0.15) is 0 Å². The molecule has 0 aliphatic rings. The third-order valence-electron chi connectivity index (χ3n) is 3.14. The summed E-state index contributed by atoms with van der Waals surface area (Å²) in [6.07, 6.45) is 1.59. The fourth-order valence-corrected chi connectivity index (χ4v) is 2.12. The van der Waals surface area contributed by atoms with E-state index in [1.165, 1.54) is 5.56 Å². The predicted molar refractivity (Wildman–Crippen MR) is 88.4 cm³/mol. The van der Waals surface area contributed by atoms with Gasteiger partial charge in [0.05, 0.1) is 0 Å². The molecule has 0 bridgehead atoms. The second-order valence-corrected chi connectivity index (χ2v) is 5.76. The highest BCUT2D eigenvalue weighted by molar-refractivity contribution is 5.92. The van der Waals surface area contributed by atoms with E-state index in [9.17, 15) is 4.79 Å². The molecule has 1 amide bonds. The van der Waals surface area contributed by atoms with E-state index in [0.29, 0.717) is 17.6 Å². The molecule has 1 aromatic carbocycles. The van der Waals surface area contributed by atoms with Crippen LogP contribution in [0, 0.1) is 0 Å². The number of aromatic nitrogens is 2. The first kappa shape index (κ1) is 15.9. The summed E-state index contributed by atoms with van der Waals surface area (Å²) in [5, 5.41) is 6.02. The quantitative estimate of drug-likeness (QED) is 0.887. The molecule has 116 valence electrons. The highest BCUT2D eigenvalue weighted by Gasteiger charge is 2.11. The van der Waals surface area contributed by atoms with Crippen LogP contribution in [0.4, 0.5) is 11.6 Å². The molecule has 0 aliphatic carbocycles. The van der Waals surface area contributed by atoms with Crippen LogP contribution < -0.4 is 10.6 Å². The first-order valence-corrected chi connectivity index (χ1v) is 7.47. The van der Waals surface area contributed by atoms with Crippen LogP contribution >= 0.6 is 0 Å². The Hall–Kier alpha value is -2.43. The van der Waals surface area contributed by atoms with Crippen molar-refractivity contribution < 1.29 is 4.79 Å². The van der Waals surface area contributed by atoms with E-state index in [-0.39, 0.29) is 11.9 Å². The van der Waals surface area contributed by atoms with Gasteiger partial charge in [0.2, 0.25) is 5.95 Å². The maximum atomic E-state index is 12.0. The van der Waals surface area contributed by atoms with Crippen molar-refractivity contribution in [1.29, 1.82) is 0 Å². The molecule has 0 saturated heterocycles. The molecule has 1 aromatic heterocycles. The Labute approximate surface area is 131 Å². The van der Waals surface area contributed by atoms with Gasteiger partial charge in [-0.25, -0.2) is 9.97 Å². The lowest BCUT2D eigenvalue weighted by Gasteiger charge is -2.14. The lowest BCUT2D eigenvalue weighted by Crippen LogP contribution is -2.30. The molecule has 1 heterocycles. The monoisotopic (exact) mass is 298 g/mol. The van der Waals surface area contributed by atoms with Gasteiger partial charge in [0.1, 0.15) is 5.69 Å². The summed E-state index contributed by atoms with van der Waals surface area (Å²) >= 11 is 0. The van der Waals surface area contributed by atoms with E-state index >= 15 is 0 Å². The van der Waals surface area contributed by atoms with Crippen molar-refractivity contribution in [3.8, 4) is 0 Å². The summed E-state index contributed by atoms with van der Waals surface area (Å²) in [7, 11) is 0. The number of carbonyl (C=O) groups excluding carboxylic acids is 1. The summed E-state index contributed by atoms with van der Waals surface area (Å²) in [5.41, 5.74) is 2.50. The Morgan fingerprint density at radius 1 is 1.09 bits per heavy atom. The third-order valence-corrected chi connectivity index (χ3v) is 3.14. The zero-order chi connectivity index (χ0) is 16.1. The van der Waals surface area contributed by atoms with Crippen molar-refractivity contribution in [3.05, 3.63) is 47.8 Å². The van der Waals surface area contributed by atoms with Crippen molar-refractivity contribution >= 4 is 17.5 Å². The zero-order valence-electron chi connectivity index (χ0n) is 13.4. The van der Waals surface area contributed by atoms with Crippen LogP contribution in [-0.4, -0.2) is 21.9 Å². The first-order chi connectivity index (χ1) is 10.5. The number of hydrogen-bond donors (Lipinski definition) is 2. The summed E-state index contributed by atoms with van der Waals surface area (Å²) in [6.45, 7) is 8.09. The average molecular weight is 298 g/mol. The molecule has 22 heavy (non-hydrogen) atoms. The van der Waals surface area contributed by atoms with Crippen LogP contribution in [0.25, 0.3) is 0 Å². The third kappa shape index (κ3) is 4.04. The van der Waals surface area contributed by atoms with Gasteiger partial charge in [-0.1, -0.05) is 32.0 Å². The van der Waals surface area contributed by atoms with E-state index in [0.717, 1.165) is 5.69 Å². The number of hydrogen-bond acceptors (Lipinski definition) is 4. The van der Waals surface area contributed by atoms with Crippen LogP contribution in [0.1, 0.15) is 49.7 Å². The summed E-state index contributed by atoms with van der Waals surface area (Å²) in [6, 6.07) is 9.71. The van der Waals surface area contributed by atoms with E-state index in [1.807, 2.05) is 32.0 Å². The van der Waals surface area contributed by atoms with Gasteiger partial charge >= 0.3 is 0 Å². The molecule has 2 rings (SSSR count). The van der Waals surface area contributed by atoms with Crippen LogP contribution in [0.5, 0.6) is 0 Å². The van der Waals surface area contributed by atoms with Gasteiger partial charge < -0.3 is 10.6 Å². The Morgan fingerprint density at radius 2 is 1.82 bits per heavy atom. The molecule has 2 N–H and O–H groups in total. The van der Waals surface area contributed by atoms with Gasteiger partial charge in [0.25, 0.3) is 5.91 Å². The molecule has 5 heteroatoms. The van der Waals surface area contributed by atoms with Crippen molar-refractivity contribution in [2.45, 2.75) is 39.7 Å². The highest BCUT2D eigenvalue weighted by atomic mass is 16.1. The number of rotatable bonds is 5. The fourth-order valence-electron chi connectivity index (χ4n) is 2.12. The molecule has 0 aliphatic heterocycles. The lowest BCUT2D eigenvalue weighted by atomic mass is 10.0.